The predicted molar refractivity (Wildman–Crippen MR) is 84.9 cm³/mol. The van der Waals surface area contributed by atoms with Gasteiger partial charge in [0.15, 0.2) is 0 Å². The van der Waals surface area contributed by atoms with Crippen molar-refractivity contribution in [1.29, 1.82) is 5.26 Å². The lowest BCUT2D eigenvalue weighted by Crippen LogP contribution is -2.20. The third-order valence-electron chi connectivity index (χ3n) is 4.27. The first kappa shape index (κ1) is 14.9. The van der Waals surface area contributed by atoms with Crippen LogP contribution >= 0.6 is 11.6 Å². The monoisotopic (exact) mass is 316 g/mol. The van der Waals surface area contributed by atoms with Gasteiger partial charge in [-0.1, -0.05) is 11.6 Å². The average Bonchev–Trinajstić information content (AvgIpc) is 3.12. The number of aliphatic hydroxyl groups excluding tert-OH is 1. The van der Waals surface area contributed by atoms with Crippen molar-refractivity contribution in [1.82, 2.24) is 9.78 Å². The summed E-state index contributed by atoms with van der Waals surface area (Å²) in [6, 6.07) is 7.53. The number of nitriles is 1. The van der Waals surface area contributed by atoms with Gasteiger partial charge >= 0.3 is 0 Å². The minimum atomic E-state index is 0.139. The Morgan fingerprint density at radius 1 is 1.45 bits per heavy atom. The molecule has 5 nitrogen and oxygen atoms in total. The Morgan fingerprint density at radius 3 is 2.86 bits per heavy atom. The molecule has 1 aromatic carbocycles. The summed E-state index contributed by atoms with van der Waals surface area (Å²) in [6.07, 6.45) is 3.87. The number of aryl methyl sites for hydroxylation is 1. The number of halogens is 1. The van der Waals surface area contributed by atoms with Crippen molar-refractivity contribution in [3.63, 3.8) is 0 Å². The molecule has 1 saturated heterocycles. The van der Waals surface area contributed by atoms with E-state index in [1.807, 2.05) is 31.6 Å². The van der Waals surface area contributed by atoms with E-state index in [0.717, 1.165) is 24.3 Å². The summed E-state index contributed by atoms with van der Waals surface area (Å²) in [6.45, 7) is 1.71. The van der Waals surface area contributed by atoms with Gasteiger partial charge in [0.1, 0.15) is 6.07 Å². The third kappa shape index (κ3) is 2.68. The molecule has 0 unspecified atom stereocenters. The number of anilines is 1. The van der Waals surface area contributed by atoms with Gasteiger partial charge in [-0.05, 0) is 23.8 Å². The highest BCUT2D eigenvalue weighted by Gasteiger charge is 2.34. The van der Waals surface area contributed by atoms with Crippen molar-refractivity contribution >= 4 is 17.3 Å². The molecular weight excluding hydrogens is 300 g/mol. The van der Waals surface area contributed by atoms with E-state index in [1.165, 1.54) is 0 Å². The van der Waals surface area contributed by atoms with Gasteiger partial charge < -0.3 is 10.0 Å². The molecule has 3 rings (SSSR count). The van der Waals surface area contributed by atoms with Crippen LogP contribution in [0.5, 0.6) is 0 Å². The summed E-state index contributed by atoms with van der Waals surface area (Å²) in [7, 11) is 1.89. The Balaban J connectivity index is 1.85. The Labute approximate surface area is 134 Å². The first-order valence-electron chi connectivity index (χ1n) is 7.16. The highest BCUT2D eigenvalue weighted by molar-refractivity contribution is 6.32. The predicted octanol–water partition coefficient (Wildman–Crippen LogP) is 2.16. The summed E-state index contributed by atoms with van der Waals surface area (Å²) in [5.74, 6) is 0.409. The van der Waals surface area contributed by atoms with Crippen LogP contribution in [-0.2, 0) is 7.05 Å². The van der Waals surface area contributed by atoms with Crippen molar-refractivity contribution in [2.45, 2.75) is 5.92 Å². The second-order valence-electron chi connectivity index (χ2n) is 5.68. The van der Waals surface area contributed by atoms with E-state index in [4.69, 9.17) is 16.9 Å². The topological polar surface area (TPSA) is 65.1 Å². The molecule has 114 valence electrons. The van der Waals surface area contributed by atoms with Crippen molar-refractivity contribution in [2.75, 3.05) is 24.6 Å². The Morgan fingerprint density at radius 2 is 2.27 bits per heavy atom. The van der Waals surface area contributed by atoms with Crippen LogP contribution < -0.4 is 4.90 Å². The van der Waals surface area contributed by atoms with Crippen LogP contribution in [0.25, 0.3) is 0 Å². The van der Waals surface area contributed by atoms with Crippen LogP contribution in [0.2, 0.25) is 5.02 Å². The van der Waals surface area contributed by atoms with E-state index in [1.54, 1.807) is 10.7 Å². The van der Waals surface area contributed by atoms with Gasteiger partial charge in [-0.2, -0.15) is 10.4 Å². The van der Waals surface area contributed by atoms with Crippen LogP contribution in [0.15, 0.2) is 30.6 Å². The molecule has 22 heavy (non-hydrogen) atoms. The van der Waals surface area contributed by atoms with Gasteiger partial charge in [-0.3, -0.25) is 4.68 Å². The molecule has 0 saturated carbocycles. The van der Waals surface area contributed by atoms with E-state index < -0.39 is 0 Å². The molecule has 1 fully saturated rings. The average molecular weight is 317 g/mol. The molecular formula is C16H17ClN4O. The third-order valence-corrected chi connectivity index (χ3v) is 4.58. The number of hydrogen-bond acceptors (Lipinski definition) is 4. The lowest BCUT2D eigenvalue weighted by atomic mass is 9.92. The molecule has 2 atom stereocenters. The quantitative estimate of drug-likeness (QED) is 0.942. The number of aliphatic hydroxyl groups is 1. The Kier molecular flexibility index (Phi) is 4.06. The fourth-order valence-electron chi connectivity index (χ4n) is 3.07. The second kappa shape index (κ2) is 5.99. The highest BCUT2D eigenvalue weighted by Crippen LogP contribution is 2.36. The molecule has 0 spiro atoms. The molecule has 1 aliphatic heterocycles. The summed E-state index contributed by atoms with van der Waals surface area (Å²) in [4.78, 5) is 2.20. The molecule has 0 aliphatic carbocycles. The molecule has 2 aromatic rings. The summed E-state index contributed by atoms with van der Waals surface area (Å²) >= 11 is 6.12. The van der Waals surface area contributed by atoms with E-state index in [2.05, 4.69) is 16.1 Å². The van der Waals surface area contributed by atoms with Crippen LogP contribution in [0.1, 0.15) is 17.0 Å². The highest BCUT2D eigenvalue weighted by atomic mass is 35.5. The summed E-state index contributed by atoms with van der Waals surface area (Å²) in [5.41, 5.74) is 2.60. The van der Waals surface area contributed by atoms with Crippen LogP contribution in [-0.4, -0.2) is 34.6 Å². The summed E-state index contributed by atoms with van der Waals surface area (Å²) in [5, 5.41) is 23.3. The van der Waals surface area contributed by atoms with Gasteiger partial charge in [0, 0.05) is 50.5 Å². The lowest BCUT2D eigenvalue weighted by molar-refractivity contribution is 0.227. The minimum absolute atomic E-state index is 0.139. The maximum absolute atomic E-state index is 9.68. The number of hydrogen-bond donors (Lipinski definition) is 1. The normalized spacial score (nSPS) is 21.1. The molecule has 0 bridgehead atoms. The molecule has 2 heterocycles. The van der Waals surface area contributed by atoms with E-state index in [0.29, 0.717) is 10.6 Å². The fraction of sp³-hybridized carbons (Fsp3) is 0.375. The zero-order valence-electron chi connectivity index (χ0n) is 12.3. The first-order valence-corrected chi connectivity index (χ1v) is 7.54. The summed E-state index contributed by atoms with van der Waals surface area (Å²) < 4.78 is 1.78. The van der Waals surface area contributed by atoms with Gasteiger partial charge in [0.25, 0.3) is 0 Å². The number of benzene rings is 1. The molecule has 1 aliphatic rings. The Bertz CT molecular complexity index is 721. The van der Waals surface area contributed by atoms with Gasteiger partial charge in [0.05, 0.1) is 16.8 Å². The van der Waals surface area contributed by atoms with Crippen molar-refractivity contribution in [3.8, 4) is 6.07 Å². The van der Waals surface area contributed by atoms with Gasteiger partial charge in [-0.25, -0.2) is 0 Å². The fourth-order valence-corrected chi connectivity index (χ4v) is 3.28. The largest absolute Gasteiger partial charge is 0.396 e. The molecule has 0 radical (unpaired) electrons. The second-order valence-corrected chi connectivity index (χ2v) is 6.08. The Hall–Kier alpha value is -2.03. The minimum Gasteiger partial charge on any atom is -0.396 e. The SMILES string of the molecule is Cn1cc([C@@H]2CN(c3ccc(C#N)c(Cl)c3)C[C@H]2CO)cn1. The van der Waals surface area contributed by atoms with Crippen LogP contribution in [0, 0.1) is 17.2 Å². The van der Waals surface area contributed by atoms with E-state index in [9.17, 15) is 5.11 Å². The first-order chi connectivity index (χ1) is 10.6. The molecule has 1 aromatic heterocycles. The van der Waals surface area contributed by atoms with Gasteiger partial charge in [-0.15, -0.1) is 0 Å². The molecule has 6 heteroatoms. The molecule has 0 amide bonds. The van der Waals surface area contributed by atoms with E-state index in [-0.39, 0.29) is 18.4 Å². The zero-order valence-corrected chi connectivity index (χ0v) is 13.0. The van der Waals surface area contributed by atoms with Crippen molar-refractivity contribution < 1.29 is 5.11 Å². The van der Waals surface area contributed by atoms with Crippen LogP contribution in [0.4, 0.5) is 5.69 Å². The number of aromatic nitrogens is 2. The van der Waals surface area contributed by atoms with Crippen molar-refractivity contribution in [2.24, 2.45) is 13.0 Å². The standard InChI is InChI=1S/C16H17ClN4O/c1-20-7-12(6-19-20)15-9-21(8-13(15)10-22)14-3-2-11(5-18)16(17)4-14/h2-4,6-7,13,15,22H,8-10H2,1H3/t13-,15-/m0/s1. The van der Waals surface area contributed by atoms with Crippen LogP contribution in [0.3, 0.4) is 0 Å². The van der Waals surface area contributed by atoms with Crippen molar-refractivity contribution in [3.05, 3.63) is 46.7 Å². The smallest absolute Gasteiger partial charge is 0.101 e. The maximum Gasteiger partial charge on any atom is 0.101 e. The number of nitrogens with zero attached hydrogens (tertiary/aromatic N) is 4. The number of rotatable bonds is 3. The maximum atomic E-state index is 9.68. The molecule has 1 N–H and O–H groups in total. The lowest BCUT2D eigenvalue weighted by Gasteiger charge is -2.19. The van der Waals surface area contributed by atoms with Gasteiger partial charge in [0.2, 0.25) is 0 Å². The van der Waals surface area contributed by atoms with E-state index >= 15 is 0 Å². The zero-order chi connectivity index (χ0) is 15.7.